The Kier molecular flexibility index (Phi) is 5.38. The SMILES string of the molecule is CCOc1ccc(CN=C(N)NC2CCOc3ccccc32)cc1F. The molecule has 0 aliphatic carbocycles. The van der Waals surface area contributed by atoms with E-state index < -0.39 is 0 Å². The Bertz CT molecular complexity index is 764. The van der Waals surface area contributed by atoms with Gasteiger partial charge in [0.1, 0.15) is 5.75 Å². The fraction of sp³-hybridized carbons (Fsp3) is 0.316. The fourth-order valence-electron chi connectivity index (χ4n) is 2.81. The van der Waals surface area contributed by atoms with Crippen LogP contribution in [0.2, 0.25) is 0 Å². The molecule has 6 heteroatoms. The van der Waals surface area contributed by atoms with Crippen molar-refractivity contribution in [3.8, 4) is 11.5 Å². The van der Waals surface area contributed by atoms with Crippen LogP contribution >= 0.6 is 0 Å². The molecule has 3 N–H and O–H groups in total. The van der Waals surface area contributed by atoms with Gasteiger partial charge in [-0.25, -0.2) is 9.38 Å². The summed E-state index contributed by atoms with van der Waals surface area (Å²) in [6.07, 6.45) is 0.810. The Morgan fingerprint density at radius 2 is 2.20 bits per heavy atom. The lowest BCUT2D eigenvalue weighted by molar-refractivity contribution is 0.262. The van der Waals surface area contributed by atoms with Crippen molar-refractivity contribution in [2.45, 2.75) is 25.9 Å². The quantitative estimate of drug-likeness (QED) is 0.646. The zero-order valence-corrected chi connectivity index (χ0v) is 14.2. The number of nitrogens with one attached hydrogen (secondary N) is 1. The number of ether oxygens (including phenoxy) is 2. The Morgan fingerprint density at radius 3 is 3.00 bits per heavy atom. The molecule has 1 aliphatic heterocycles. The first-order chi connectivity index (χ1) is 12.2. The number of benzene rings is 2. The Balaban J connectivity index is 1.64. The third-order valence-electron chi connectivity index (χ3n) is 4.01. The standard InChI is InChI=1S/C19H22FN3O2/c1-2-24-18-8-7-13(11-15(18)20)12-22-19(21)23-16-9-10-25-17-6-4-3-5-14(16)17/h3-8,11,16H,2,9-10,12H2,1H3,(H3,21,22,23). The highest BCUT2D eigenvalue weighted by Crippen LogP contribution is 2.31. The second-order valence-corrected chi connectivity index (χ2v) is 5.77. The molecule has 2 aromatic carbocycles. The van der Waals surface area contributed by atoms with E-state index in [4.69, 9.17) is 15.2 Å². The van der Waals surface area contributed by atoms with Gasteiger partial charge in [-0.05, 0) is 30.7 Å². The van der Waals surface area contributed by atoms with Gasteiger partial charge in [0.05, 0.1) is 25.8 Å². The van der Waals surface area contributed by atoms with Crippen LogP contribution < -0.4 is 20.5 Å². The summed E-state index contributed by atoms with van der Waals surface area (Å²) in [6.45, 7) is 3.18. The van der Waals surface area contributed by atoms with Gasteiger partial charge in [0.15, 0.2) is 17.5 Å². The van der Waals surface area contributed by atoms with Gasteiger partial charge in [-0.1, -0.05) is 24.3 Å². The maximum absolute atomic E-state index is 13.9. The smallest absolute Gasteiger partial charge is 0.189 e. The van der Waals surface area contributed by atoms with E-state index in [-0.39, 0.29) is 17.6 Å². The lowest BCUT2D eigenvalue weighted by Gasteiger charge is -2.26. The summed E-state index contributed by atoms with van der Waals surface area (Å²) >= 11 is 0. The van der Waals surface area contributed by atoms with E-state index in [0.717, 1.165) is 23.3 Å². The number of hydrogen-bond donors (Lipinski definition) is 2. The highest BCUT2D eigenvalue weighted by atomic mass is 19.1. The number of nitrogens with zero attached hydrogens (tertiary/aromatic N) is 1. The van der Waals surface area contributed by atoms with E-state index in [1.807, 2.05) is 31.2 Å². The molecule has 0 saturated heterocycles. The van der Waals surface area contributed by atoms with Gasteiger partial charge >= 0.3 is 0 Å². The van der Waals surface area contributed by atoms with Crippen LogP contribution in [0.5, 0.6) is 11.5 Å². The maximum atomic E-state index is 13.9. The number of aliphatic imine (C=N–C) groups is 1. The molecule has 0 amide bonds. The molecule has 0 aromatic heterocycles. The zero-order valence-electron chi connectivity index (χ0n) is 14.2. The highest BCUT2D eigenvalue weighted by molar-refractivity contribution is 5.78. The number of rotatable bonds is 5. The van der Waals surface area contributed by atoms with Crippen molar-refractivity contribution < 1.29 is 13.9 Å². The van der Waals surface area contributed by atoms with Gasteiger partial charge in [-0.15, -0.1) is 0 Å². The third-order valence-corrected chi connectivity index (χ3v) is 4.01. The lowest BCUT2D eigenvalue weighted by atomic mass is 10.0. The second-order valence-electron chi connectivity index (χ2n) is 5.77. The molecule has 132 valence electrons. The van der Waals surface area contributed by atoms with Gasteiger partial charge in [-0.2, -0.15) is 0 Å². The van der Waals surface area contributed by atoms with Crippen LogP contribution in [0.15, 0.2) is 47.5 Å². The van der Waals surface area contributed by atoms with E-state index in [2.05, 4.69) is 10.3 Å². The van der Waals surface area contributed by atoms with E-state index in [1.54, 1.807) is 12.1 Å². The minimum atomic E-state index is -0.389. The predicted octanol–water partition coefficient (Wildman–Crippen LogP) is 3.15. The first kappa shape index (κ1) is 17.1. The minimum absolute atomic E-state index is 0.0609. The van der Waals surface area contributed by atoms with Crippen LogP contribution in [0, 0.1) is 5.82 Å². The van der Waals surface area contributed by atoms with Crippen LogP contribution in [-0.2, 0) is 6.54 Å². The first-order valence-electron chi connectivity index (χ1n) is 8.36. The monoisotopic (exact) mass is 343 g/mol. The molecule has 1 unspecified atom stereocenters. The summed E-state index contributed by atoms with van der Waals surface area (Å²) in [5.41, 5.74) is 7.81. The van der Waals surface area contributed by atoms with E-state index in [9.17, 15) is 4.39 Å². The summed E-state index contributed by atoms with van der Waals surface area (Å²) < 4.78 is 24.7. The Hall–Kier alpha value is -2.76. The average molecular weight is 343 g/mol. The van der Waals surface area contributed by atoms with Crippen LogP contribution in [0.4, 0.5) is 4.39 Å². The van der Waals surface area contributed by atoms with E-state index in [1.165, 1.54) is 6.07 Å². The summed E-state index contributed by atoms with van der Waals surface area (Å²) in [5.74, 6) is 1.06. The summed E-state index contributed by atoms with van der Waals surface area (Å²) in [5, 5.41) is 3.22. The normalized spacial score (nSPS) is 16.7. The molecule has 3 rings (SSSR count). The van der Waals surface area contributed by atoms with Gasteiger partial charge in [0.25, 0.3) is 0 Å². The van der Waals surface area contributed by atoms with Gasteiger partial charge in [-0.3, -0.25) is 0 Å². The third kappa shape index (κ3) is 4.21. The minimum Gasteiger partial charge on any atom is -0.493 e. The number of hydrogen-bond acceptors (Lipinski definition) is 3. The van der Waals surface area contributed by atoms with Crippen LogP contribution in [0.3, 0.4) is 0 Å². The molecule has 1 aliphatic rings. The molecule has 5 nitrogen and oxygen atoms in total. The van der Waals surface area contributed by atoms with Crippen molar-refractivity contribution in [2.75, 3.05) is 13.2 Å². The summed E-state index contributed by atoms with van der Waals surface area (Å²) in [4.78, 5) is 4.31. The predicted molar refractivity (Wildman–Crippen MR) is 95.3 cm³/mol. The molecule has 0 bridgehead atoms. The number of nitrogens with two attached hydrogens (primary N) is 1. The molecular weight excluding hydrogens is 321 g/mol. The van der Waals surface area contributed by atoms with Gasteiger partial charge < -0.3 is 20.5 Å². The van der Waals surface area contributed by atoms with E-state index >= 15 is 0 Å². The van der Waals surface area contributed by atoms with E-state index in [0.29, 0.717) is 25.7 Å². The van der Waals surface area contributed by atoms with Crippen molar-refractivity contribution >= 4 is 5.96 Å². The number of para-hydroxylation sites is 1. The van der Waals surface area contributed by atoms with Crippen molar-refractivity contribution in [1.29, 1.82) is 0 Å². The largest absolute Gasteiger partial charge is 0.493 e. The number of halogens is 1. The lowest BCUT2D eigenvalue weighted by Crippen LogP contribution is -2.37. The second kappa shape index (κ2) is 7.88. The van der Waals surface area contributed by atoms with Crippen molar-refractivity contribution in [3.05, 3.63) is 59.4 Å². The molecule has 0 fully saturated rings. The summed E-state index contributed by atoms with van der Waals surface area (Å²) in [6, 6.07) is 12.8. The summed E-state index contributed by atoms with van der Waals surface area (Å²) in [7, 11) is 0. The first-order valence-corrected chi connectivity index (χ1v) is 8.36. The number of fused-ring (bicyclic) bond motifs is 1. The van der Waals surface area contributed by atoms with Gasteiger partial charge in [0, 0.05) is 12.0 Å². The highest BCUT2D eigenvalue weighted by Gasteiger charge is 2.21. The molecule has 0 spiro atoms. The molecule has 2 aromatic rings. The molecular formula is C19H22FN3O2. The maximum Gasteiger partial charge on any atom is 0.189 e. The van der Waals surface area contributed by atoms with Gasteiger partial charge in [0.2, 0.25) is 0 Å². The average Bonchev–Trinajstić information content (AvgIpc) is 2.62. The van der Waals surface area contributed by atoms with Crippen LogP contribution in [-0.4, -0.2) is 19.2 Å². The molecule has 25 heavy (non-hydrogen) atoms. The zero-order chi connectivity index (χ0) is 17.6. The molecule has 0 radical (unpaired) electrons. The molecule has 1 atom stereocenters. The van der Waals surface area contributed by atoms with Crippen molar-refractivity contribution in [1.82, 2.24) is 5.32 Å². The Labute approximate surface area is 146 Å². The topological polar surface area (TPSA) is 68.9 Å². The van der Waals surface area contributed by atoms with Crippen LogP contribution in [0.25, 0.3) is 0 Å². The van der Waals surface area contributed by atoms with Crippen molar-refractivity contribution in [2.24, 2.45) is 10.7 Å². The van der Waals surface area contributed by atoms with Crippen LogP contribution in [0.1, 0.15) is 30.5 Å². The fourth-order valence-corrected chi connectivity index (χ4v) is 2.81. The molecule has 0 saturated carbocycles. The Morgan fingerprint density at radius 1 is 1.36 bits per heavy atom. The molecule has 1 heterocycles. The number of guanidine groups is 1. The van der Waals surface area contributed by atoms with Crippen molar-refractivity contribution in [3.63, 3.8) is 0 Å².